The van der Waals surface area contributed by atoms with Crippen LogP contribution in [0.5, 0.6) is 11.5 Å². The second-order valence-electron chi connectivity index (χ2n) is 7.85. The first kappa shape index (κ1) is 21.6. The number of amides is 1. The highest BCUT2D eigenvalue weighted by atomic mass is 16.5. The molecule has 1 aliphatic heterocycles. The van der Waals surface area contributed by atoms with E-state index in [-0.39, 0.29) is 23.8 Å². The number of carboxylic acid groups (broad SMARTS) is 1. The second-order valence-corrected chi connectivity index (χ2v) is 7.85. The Hall–Kier alpha value is -3.58. The Kier molecular flexibility index (Phi) is 6.28. The highest BCUT2D eigenvalue weighted by Crippen LogP contribution is 2.39. The molecule has 1 saturated heterocycles. The molecule has 0 spiro atoms. The Morgan fingerprint density at radius 2 is 1.72 bits per heavy atom. The molecule has 4 rings (SSSR count). The van der Waals surface area contributed by atoms with E-state index in [1.54, 1.807) is 12.1 Å². The molecular weight excluding hydrogens is 408 g/mol. The molecule has 0 bridgehead atoms. The monoisotopic (exact) mass is 434 g/mol. The maximum absolute atomic E-state index is 12.7. The van der Waals surface area contributed by atoms with E-state index in [0.29, 0.717) is 18.8 Å². The first-order valence-corrected chi connectivity index (χ1v) is 10.5. The predicted molar refractivity (Wildman–Crippen MR) is 122 cm³/mol. The van der Waals surface area contributed by atoms with Crippen LogP contribution in [0, 0.1) is 0 Å². The van der Waals surface area contributed by atoms with Gasteiger partial charge in [0.2, 0.25) is 0 Å². The zero-order valence-electron chi connectivity index (χ0n) is 18.2. The van der Waals surface area contributed by atoms with Crippen molar-refractivity contribution in [3.63, 3.8) is 0 Å². The van der Waals surface area contributed by atoms with Crippen molar-refractivity contribution in [2.75, 3.05) is 46.9 Å². The van der Waals surface area contributed by atoms with Gasteiger partial charge in [0.25, 0.3) is 5.91 Å². The molecule has 0 unspecified atom stereocenters. The van der Waals surface area contributed by atoms with Crippen LogP contribution < -0.4 is 9.47 Å². The van der Waals surface area contributed by atoms with Crippen LogP contribution in [0.25, 0.3) is 21.9 Å². The SMILES string of the molecule is COc1cc(-c2c(OCC(=O)N3CCN(C)CC3)ccc3ccccc23)ccc1C(=O)O. The lowest BCUT2D eigenvalue weighted by atomic mass is 9.96. The van der Waals surface area contributed by atoms with Crippen molar-refractivity contribution >= 4 is 22.6 Å². The maximum Gasteiger partial charge on any atom is 0.339 e. The van der Waals surface area contributed by atoms with E-state index in [4.69, 9.17) is 9.47 Å². The number of hydrogen-bond acceptors (Lipinski definition) is 5. The fraction of sp³-hybridized carbons (Fsp3) is 0.280. The number of piperazine rings is 1. The van der Waals surface area contributed by atoms with E-state index >= 15 is 0 Å². The van der Waals surface area contributed by atoms with Gasteiger partial charge in [-0.15, -0.1) is 0 Å². The van der Waals surface area contributed by atoms with Gasteiger partial charge in [0.15, 0.2) is 6.61 Å². The fourth-order valence-electron chi connectivity index (χ4n) is 3.98. The van der Waals surface area contributed by atoms with Gasteiger partial charge in [0.1, 0.15) is 17.1 Å². The number of nitrogens with zero attached hydrogens (tertiary/aromatic N) is 2. The summed E-state index contributed by atoms with van der Waals surface area (Å²) in [4.78, 5) is 28.2. The molecule has 7 heteroatoms. The topological polar surface area (TPSA) is 79.3 Å². The Morgan fingerprint density at radius 1 is 0.969 bits per heavy atom. The largest absolute Gasteiger partial charge is 0.496 e. The van der Waals surface area contributed by atoms with Crippen LogP contribution in [0.15, 0.2) is 54.6 Å². The van der Waals surface area contributed by atoms with Crippen molar-refractivity contribution in [3.8, 4) is 22.6 Å². The summed E-state index contributed by atoms with van der Waals surface area (Å²) in [6.45, 7) is 3.03. The molecule has 166 valence electrons. The van der Waals surface area contributed by atoms with Crippen LogP contribution in [0.2, 0.25) is 0 Å². The number of fused-ring (bicyclic) bond motifs is 1. The van der Waals surface area contributed by atoms with Crippen LogP contribution in [0.1, 0.15) is 10.4 Å². The number of ether oxygens (including phenoxy) is 2. The summed E-state index contributed by atoms with van der Waals surface area (Å²) in [6.07, 6.45) is 0. The van der Waals surface area contributed by atoms with Crippen LogP contribution in [-0.4, -0.2) is 73.7 Å². The first-order chi connectivity index (χ1) is 15.5. The predicted octanol–water partition coefficient (Wildman–Crippen LogP) is 3.37. The minimum atomic E-state index is -1.06. The van der Waals surface area contributed by atoms with Gasteiger partial charge in [-0.2, -0.15) is 0 Å². The van der Waals surface area contributed by atoms with Crippen molar-refractivity contribution in [1.29, 1.82) is 0 Å². The minimum absolute atomic E-state index is 0.0454. The zero-order valence-corrected chi connectivity index (χ0v) is 18.2. The minimum Gasteiger partial charge on any atom is -0.496 e. The van der Waals surface area contributed by atoms with E-state index in [1.807, 2.05) is 48.3 Å². The number of benzene rings is 3. The Morgan fingerprint density at radius 3 is 2.44 bits per heavy atom. The van der Waals surface area contributed by atoms with Gasteiger partial charge < -0.3 is 24.4 Å². The van der Waals surface area contributed by atoms with Crippen LogP contribution in [0.4, 0.5) is 0 Å². The molecule has 32 heavy (non-hydrogen) atoms. The van der Waals surface area contributed by atoms with E-state index in [0.717, 1.165) is 35.0 Å². The summed E-state index contributed by atoms with van der Waals surface area (Å²) in [5, 5.41) is 11.4. The van der Waals surface area contributed by atoms with Gasteiger partial charge in [-0.3, -0.25) is 4.79 Å². The van der Waals surface area contributed by atoms with E-state index in [2.05, 4.69) is 4.90 Å². The lowest BCUT2D eigenvalue weighted by Gasteiger charge is -2.32. The Bertz CT molecular complexity index is 1150. The van der Waals surface area contributed by atoms with E-state index in [1.165, 1.54) is 13.2 Å². The van der Waals surface area contributed by atoms with Gasteiger partial charge in [-0.25, -0.2) is 4.79 Å². The normalized spacial score (nSPS) is 14.4. The number of carboxylic acids is 1. The quantitative estimate of drug-likeness (QED) is 0.641. The number of hydrogen-bond donors (Lipinski definition) is 1. The van der Waals surface area contributed by atoms with Crippen molar-refractivity contribution in [2.24, 2.45) is 0 Å². The second kappa shape index (κ2) is 9.28. The van der Waals surface area contributed by atoms with Crippen molar-refractivity contribution in [3.05, 3.63) is 60.2 Å². The maximum atomic E-state index is 12.7. The molecule has 0 aromatic heterocycles. The number of methoxy groups -OCH3 is 1. The number of rotatable bonds is 6. The van der Waals surface area contributed by atoms with Gasteiger partial charge >= 0.3 is 5.97 Å². The van der Waals surface area contributed by atoms with Crippen LogP contribution in [-0.2, 0) is 4.79 Å². The zero-order chi connectivity index (χ0) is 22.7. The van der Waals surface area contributed by atoms with E-state index in [9.17, 15) is 14.7 Å². The smallest absolute Gasteiger partial charge is 0.339 e. The van der Waals surface area contributed by atoms with Crippen LogP contribution in [0.3, 0.4) is 0 Å². The summed E-state index contributed by atoms with van der Waals surface area (Å²) >= 11 is 0. The fourth-order valence-corrected chi connectivity index (χ4v) is 3.98. The molecule has 0 saturated carbocycles. The number of carbonyl (C=O) groups is 2. The molecule has 0 atom stereocenters. The molecule has 3 aromatic carbocycles. The lowest BCUT2D eigenvalue weighted by molar-refractivity contribution is -0.134. The van der Waals surface area contributed by atoms with Crippen molar-refractivity contribution in [2.45, 2.75) is 0 Å². The van der Waals surface area contributed by atoms with Gasteiger partial charge in [-0.1, -0.05) is 36.4 Å². The van der Waals surface area contributed by atoms with Crippen LogP contribution >= 0.6 is 0 Å². The third kappa shape index (κ3) is 4.38. The third-order valence-electron chi connectivity index (χ3n) is 5.82. The summed E-state index contributed by atoms with van der Waals surface area (Å²) in [5.74, 6) is -0.268. The van der Waals surface area contributed by atoms with E-state index < -0.39 is 5.97 Å². The summed E-state index contributed by atoms with van der Waals surface area (Å²) in [6, 6.07) is 16.6. The molecule has 0 aliphatic carbocycles. The lowest BCUT2D eigenvalue weighted by Crippen LogP contribution is -2.48. The summed E-state index contributed by atoms with van der Waals surface area (Å²) in [5.41, 5.74) is 1.64. The van der Waals surface area contributed by atoms with Crippen molar-refractivity contribution in [1.82, 2.24) is 9.80 Å². The number of carbonyl (C=O) groups excluding carboxylic acids is 1. The molecule has 1 N–H and O–H groups in total. The highest BCUT2D eigenvalue weighted by molar-refractivity contribution is 6.01. The molecule has 3 aromatic rings. The third-order valence-corrected chi connectivity index (χ3v) is 5.82. The highest BCUT2D eigenvalue weighted by Gasteiger charge is 2.21. The summed E-state index contributed by atoms with van der Waals surface area (Å²) < 4.78 is 11.4. The van der Waals surface area contributed by atoms with Gasteiger partial charge in [-0.05, 0) is 41.6 Å². The first-order valence-electron chi connectivity index (χ1n) is 10.5. The van der Waals surface area contributed by atoms with Crippen molar-refractivity contribution < 1.29 is 24.2 Å². The Balaban J connectivity index is 1.69. The molecular formula is C25H26N2O5. The Labute approximate surface area is 186 Å². The molecule has 1 heterocycles. The summed E-state index contributed by atoms with van der Waals surface area (Å²) in [7, 11) is 3.49. The van der Waals surface area contributed by atoms with Gasteiger partial charge in [0, 0.05) is 31.7 Å². The standard InChI is InChI=1S/C25H26N2O5/c1-26-11-13-27(14-12-26)23(28)16-32-21-10-8-17-5-3-4-6-19(17)24(21)18-7-9-20(25(29)30)22(15-18)31-2/h3-10,15H,11-14,16H2,1-2H3,(H,29,30). The number of likely N-dealkylation sites (N-methyl/N-ethyl adjacent to an activating group) is 1. The van der Waals surface area contributed by atoms with Gasteiger partial charge in [0.05, 0.1) is 7.11 Å². The number of aromatic carboxylic acids is 1. The average molecular weight is 434 g/mol. The molecule has 0 radical (unpaired) electrons. The molecule has 1 aliphatic rings. The molecule has 1 fully saturated rings. The molecule has 1 amide bonds. The molecule has 7 nitrogen and oxygen atoms in total. The average Bonchev–Trinajstić information content (AvgIpc) is 2.82.